The van der Waals surface area contributed by atoms with Gasteiger partial charge in [-0.2, -0.15) is 0 Å². The Morgan fingerprint density at radius 2 is 2.19 bits per heavy atom. The predicted octanol–water partition coefficient (Wildman–Crippen LogP) is 3.01. The summed E-state index contributed by atoms with van der Waals surface area (Å²) in [5.74, 6) is 4.51. The van der Waals surface area contributed by atoms with Gasteiger partial charge in [0.05, 0.1) is 17.0 Å². The zero-order chi connectivity index (χ0) is 15.2. The number of nitrogens with one attached hydrogen (secondary N) is 1. The highest BCUT2D eigenvalue weighted by Crippen LogP contribution is 2.19. The Morgan fingerprint density at radius 1 is 1.38 bits per heavy atom. The molecule has 0 saturated heterocycles. The fourth-order valence-electron chi connectivity index (χ4n) is 1.72. The van der Waals surface area contributed by atoms with Crippen LogP contribution in [0.5, 0.6) is 0 Å². The number of thiophene rings is 1. The molecule has 0 aliphatic rings. The van der Waals surface area contributed by atoms with Gasteiger partial charge in [-0.1, -0.05) is 18.8 Å². The summed E-state index contributed by atoms with van der Waals surface area (Å²) in [4.78, 5) is 13.8. The van der Waals surface area contributed by atoms with Gasteiger partial charge in [0, 0.05) is 10.6 Å². The number of hydrogen-bond donors (Lipinski definition) is 2. The quantitative estimate of drug-likeness (QED) is 0.856. The number of hydrogen-bond acceptors (Lipinski definition) is 3. The molecule has 0 spiro atoms. The van der Waals surface area contributed by atoms with Gasteiger partial charge >= 0.3 is 0 Å². The molecule has 0 saturated carbocycles. The molecule has 3 nitrogen and oxygen atoms in total. The number of amides is 1. The van der Waals surface area contributed by atoms with Crippen LogP contribution in [0.25, 0.3) is 0 Å². The molecular formula is C16H15FN2OS. The fourth-order valence-corrected chi connectivity index (χ4v) is 2.57. The molecule has 0 bridgehead atoms. The average Bonchev–Trinajstić information content (AvgIpc) is 2.95. The summed E-state index contributed by atoms with van der Waals surface area (Å²) in [5.41, 5.74) is 5.92. The Bertz CT molecular complexity index is 713. The fraction of sp³-hybridized carbons (Fsp3) is 0.188. The number of carbonyl (C=O) groups is 1. The van der Waals surface area contributed by atoms with Crippen molar-refractivity contribution in [3.05, 3.63) is 51.5 Å². The summed E-state index contributed by atoms with van der Waals surface area (Å²) in [7, 11) is 0. The van der Waals surface area contributed by atoms with Crippen LogP contribution in [0.1, 0.15) is 27.0 Å². The first-order valence-corrected chi connectivity index (χ1v) is 7.34. The van der Waals surface area contributed by atoms with E-state index in [1.807, 2.05) is 13.0 Å². The highest BCUT2D eigenvalue weighted by Gasteiger charge is 2.10. The standard InChI is InChI=1S/C16H15FN2OS/c1-2-13-7-8-15(21-13)16(20)19-12-6-5-11(4-3-9-18)14(17)10-12/h5-8,10H,2,9,18H2,1H3,(H,19,20). The van der Waals surface area contributed by atoms with Crippen molar-refractivity contribution in [1.82, 2.24) is 0 Å². The zero-order valence-electron chi connectivity index (χ0n) is 11.6. The highest BCUT2D eigenvalue weighted by atomic mass is 32.1. The van der Waals surface area contributed by atoms with Crippen LogP contribution in [0.3, 0.4) is 0 Å². The van der Waals surface area contributed by atoms with Crippen molar-refractivity contribution in [3.63, 3.8) is 0 Å². The number of rotatable bonds is 3. The second-order valence-electron chi connectivity index (χ2n) is 4.27. The minimum atomic E-state index is -0.478. The molecule has 1 aromatic carbocycles. The molecule has 1 amide bonds. The molecule has 0 aliphatic heterocycles. The second-order valence-corrected chi connectivity index (χ2v) is 5.44. The highest BCUT2D eigenvalue weighted by molar-refractivity contribution is 7.14. The minimum Gasteiger partial charge on any atom is -0.321 e. The van der Waals surface area contributed by atoms with Crippen molar-refractivity contribution in [2.24, 2.45) is 5.73 Å². The average molecular weight is 302 g/mol. The van der Waals surface area contributed by atoms with Crippen molar-refractivity contribution >= 4 is 22.9 Å². The van der Waals surface area contributed by atoms with Crippen molar-refractivity contribution in [2.45, 2.75) is 13.3 Å². The maximum atomic E-state index is 13.8. The van der Waals surface area contributed by atoms with Gasteiger partial charge in [-0.05, 0) is 36.8 Å². The van der Waals surface area contributed by atoms with E-state index >= 15 is 0 Å². The molecular weight excluding hydrogens is 287 g/mol. The number of benzene rings is 1. The number of halogens is 1. The summed E-state index contributed by atoms with van der Waals surface area (Å²) >= 11 is 1.44. The normalized spacial score (nSPS) is 9.86. The van der Waals surface area contributed by atoms with E-state index in [2.05, 4.69) is 17.2 Å². The van der Waals surface area contributed by atoms with Crippen LogP contribution in [0.2, 0.25) is 0 Å². The Kier molecular flexibility index (Phi) is 5.09. The third-order valence-corrected chi connectivity index (χ3v) is 4.01. The van der Waals surface area contributed by atoms with Gasteiger partial charge in [0.15, 0.2) is 0 Å². The molecule has 1 aromatic heterocycles. The Hall–Kier alpha value is -2.16. The largest absolute Gasteiger partial charge is 0.321 e. The lowest BCUT2D eigenvalue weighted by molar-refractivity contribution is 0.103. The topological polar surface area (TPSA) is 55.1 Å². The van der Waals surface area contributed by atoms with Gasteiger partial charge in [0.1, 0.15) is 5.82 Å². The molecule has 1 heterocycles. The van der Waals surface area contributed by atoms with Gasteiger partial charge < -0.3 is 11.1 Å². The van der Waals surface area contributed by atoms with E-state index in [1.54, 1.807) is 12.1 Å². The first kappa shape index (κ1) is 15.2. The van der Waals surface area contributed by atoms with Gasteiger partial charge in [0.25, 0.3) is 5.91 Å². The third kappa shape index (κ3) is 3.91. The van der Waals surface area contributed by atoms with Crippen LogP contribution in [0.4, 0.5) is 10.1 Å². The van der Waals surface area contributed by atoms with Crippen LogP contribution in [-0.2, 0) is 6.42 Å². The minimum absolute atomic E-state index is 0.177. The van der Waals surface area contributed by atoms with Crippen molar-refractivity contribution < 1.29 is 9.18 Å². The maximum Gasteiger partial charge on any atom is 0.265 e. The molecule has 0 radical (unpaired) electrons. The molecule has 0 atom stereocenters. The van der Waals surface area contributed by atoms with E-state index < -0.39 is 5.82 Å². The van der Waals surface area contributed by atoms with Gasteiger partial charge in [0.2, 0.25) is 0 Å². The number of anilines is 1. The predicted molar refractivity (Wildman–Crippen MR) is 84.0 cm³/mol. The third-order valence-electron chi connectivity index (χ3n) is 2.79. The lowest BCUT2D eigenvalue weighted by atomic mass is 10.2. The van der Waals surface area contributed by atoms with E-state index in [4.69, 9.17) is 5.73 Å². The summed E-state index contributed by atoms with van der Waals surface area (Å²) in [6.45, 7) is 2.21. The Morgan fingerprint density at radius 3 is 2.81 bits per heavy atom. The zero-order valence-corrected chi connectivity index (χ0v) is 12.4. The maximum absolute atomic E-state index is 13.8. The first-order valence-electron chi connectivity index (χ1n) is 6.52. The molecule has 3 N–H and O–H groups in total. The Balaban J connectivity index is 2.12. The molecule has 21 heavy (non-hydrogen) atoms. The number of nitrogens with two attached hydrogens (primary N) is 1. The molecule has 108 valence electrons. The van der Waals surface area contributed by atoms with E-state index in [9.17, 15) is 9.18 Å². The van der Waals surface area contributed by atoms with Gasteiger partial charge in [-0.25, -0.2) is 4.39 Å². The molecule has 0 fully saturated rings. The molecule has 2 rings (SSSR count). The van der Waals surface area contributed by atoms with Crippen LogP contribution in [0.15, 0.2) is 30.3 Å². The van der Waals surface area contributed by atoms with Crippen LogP contribution in [-0.4, -0.2) is 12.5 Å². The van der Waals surface area contributed by atoms with Crippen molar-refractivity contribution in [1.29, 1.82) is 0 Å². The SMILES string of the molecule is CCc1ccc(C(=O)Nc2ccc(C#CCN)c(F)c2)s1. The van der Waals surface area contributed by atoms with E-state index in [0.29, 0.717) is 10.6 Å². The monoisotopic (exact) mass is 302 g/mol. The summed E-state index contributed by atoms with van der Waals surface area (Å²) in [6, 6.07) is 8.10. The van der Waals surface area contributed by atoms with Gasteiger partial charge in [-0.3, -0.25) is 4.79 Å². The van der Waals surface area contributed by atoms with Crippen molar-refractivity contribution in [2.75, 3.05) is 11.9 Å². The molecule has 0 aliphatic carbocycles. The van der Waals surface area contributed by atoms with E-state index in [1.165, 1.54) is 23.5 Å². The second kappa shape index (κ2) is 7.02. The first-order chi connectivity index (χ1) is 10.1. The van der Waals surface area contributed by atoms with Crippen LogP contribution < -0.4 is 11.1 Å². The van der Waals surface area contributed by atoms with E-state index in [-0.39, 0.29) is 18.0 Å². The number of carbonyl (C=O) groups excluding carboxylic acids is 1. The Labute approximate surface area is 127 Å². The summed E-state index contributed by atoms with van der Waals surface area (Å²) in [5, 5.41) is 2.68. The lowest BCUT2D eigenvalue weighted by Gasteiger charge is -2.04. The van der Waals surface area contributed by atoms with Crippen molar-refractivity contribution in [3.8, 4) is 11.8 Å². The summed E-state index contributed by atoms with van der Waals surface area (Å²) in [6.07, 6.45) is 0.890. The van der Waals surface area contributed by atoms with Crippen LogP contribution >= 0.6 is 11.3 Å². The molecule has 5 heteroatoms. The van der Waals surface area contributed by atoms with Crippen LogP contribution in [0, 0.1) is 17.7 Å². The smallest absolute Gasteiger partial charge is 0.265 e. The number of aryl methyl sites for hydroxylation is 1. The van der Waals surface area contributed by atoms with Gasteiger partial charge in [-0.15, -0.1) is 11.3 Å². The summed E-state index contributed by atoms with van der Waals surface area (Å²) < 4.78 is 13.8. The lowest BCUT2D eigenvalue weighted by Crippen LogP contribution is -2.10. The molecule has 2 aromatic rings. The molecule has 0 unspecified atom stereocenters. The van der Waals surface area contributed by atoms with E-state index in [0.717, 1.165) is 11.3 Å².